The van der Waals surface area contributed by atoms with Gasteiger partial charge in [0.1, 0.15) is 5.60 Å². The number of nitrogens with zero attached hydrogens (tertiary/aromatic N) is 1. The van der Waals surface area contributed by atoms with Crippen molar-refractivity contribution < 1.29 is 14.3 Å². The number of ether oxygens (including phenoxy) is 1. The van der Waals surface area contributed by atoms with Gasteiger partial charge in [-0.15, -0.1) is 0 Å². The summed E-state index contributed by atoms with van der Waals surface area (Å²) >= 11 is 6.06. The number of H-pyrrole nitrogens is 1. The molecular formula is C23H21ClN2O3. The van der Waals surface area contributed by atoms with Gasteiger partial charge in [-0.2, -0.15) is 0 Å². The van der Waals surface area contributed by atoms with Gasteiger partial charge in [-0.1, -0.05) is 49.7 Å². The molecule has 148 valence electrons. The lowest BCUT2D eigenvalue weighted by atomic mass is 9.70. The van der Waals surface area contributed by atoms with E-state index >= 15 is 0 Å². The molecule has 2 aliphatic rings. The number of aromatic amines is 1. The molecule has 5 nitrogen and oxygen atoms in total. The van der Waals surface area contributed by atoms with Crippen LogP contribution in [0.3, 0.4) is 0 Å². The summed E-state index contributed by atoms with van der Waals surface area (Å²) in [5.41, 5.74) is 2.38. The molecule has 1 aromatic heterocycles. The Bertz CT molecular complexity index is 1140. The molecule has 1 amide bonds. The van der Waals surface area contributed by atoms with Crippen LogP contribution in [-0.4, -0.2) is 34.8 Å². The molecule has 0 radical (unpaired) electrons. The zero-order chi connectivity index (χ0) is 20.3. The van der Waals surface area contributed by atoms with Crippen LogP contribution >= 0.6 is 11.6 Å². The van der Waals surface area contributed by atoms with Crippen LogP contribution in [0.25, 0.3) is 10.9 Å². The molecule has 2 aromatic carbocycles. The third kappa shape index (κ3) is 2.53. The SMILES string of the molecule is C[C@@H]1CN(C(=O)c2c[nH]c3cc(Cl)ccc23)C[C@H](C)[C@@]12OC(=O)c1ccccc12. The van der Waals surface area contributed by atoms with Gasteiger partial charge < -0.3 is 14.6 Å². The summed E-state index contributed by atoms with van der Waals surface area (Å²) < 4.78 is 5.99. The van der Waals surface area contributed by atoms with E-state index in [4.69, 9.17) is 16.3 Å². The van der Waals surface area contributed by atoms with Crippen molar-refractivity contribution in [3.05, 3.63) is 70.4 Å². The normalized spacial score (nSPS) is 26.0. The van der Waals surface area contributed by atoms with Crippen molar-refractivity contribution in [1.29, 1.82) is 0 Å². The summed E-state index contributed by atoms with van der Waals surface area (Å²) in [6.45, 7) is 5.15. The minimum absolute atomic E-state index is 0.0234. The lowest BCUT2D eigenvalue weighted by Crippen LogP contribution is -2.56. The molecule has 1 fully saturated rings. The molecule has 1 N–H and O–H groups in total. The van der Waals surface area contributed by atoms with E-state index in [2.05, 4.69) is 18.8 Å². The Morgan fingerprint density at radius 1 is 1.17 bits per heavy atom. The Morgan fingerprint density at radius 2 is 1.90 bits per heavy atom. The second kappa shape index (κ2) is 6.36. The summed E-state index contributed by atoms with van der Waals surface area (Å²) in [6.07, 6.45) is 1.74. The lowest BCUT2D eigenvalue weighted by molar-refractivity contribution is -0.105. The van der Waals surface area contributed by atoms with E-state index in [0.717, 1.165) is 16.5 Å². The van der Waals surface area contributed by atoms with Crippen molar-refractivity contribution in [1.82, 2.24) is 9.88 Å². The number of benzene rings is 2. The maximum absolute atomic E-state index is 13.3. The van der Waals surface area contributed by atoms with Crippen molar-refractivity contribution in [3.63, 3.8) is 0 Å². The molecule has 0 bridgehead atoms. The highest BCUT2D eigenvalue weighted by molar-refractivity contribution is 6.31. The smallest absolute Gasteiger partial charge is 0.339 e. The number of amides is 1. The third-order valence-corrected chi connectivity index (χ3v) is 6.68. The maximum Gasteiger partial charge on any atom is 0.339 e. The van der Waals surface area contributed by atoms with E-state index in [1.54, 1.807) is 12.3 Å². The highest BCUT2D eigenvalue weighted by Gasteiger charge is 2.56. The van der Waals surface area contributed by atoms with E-state index in [1.807, 2.05) is 41.3 Å². The number of esters is 1. The van der Waals surface area contributed by atoms with E-state index in [0.29, 0.717) is 29.2 Å². The molecule has 1 saturated heterocycles. The summed E-state index contributed by atoms with van der Waals surface area (Å²) in [5.74, 6) is -0.345. The van der Waals surface area contributed by atoms with Gasteiger partial charge >= 0.3 is 5.97 Å². The number of hydrogen-bond acceptors (Lipinski definition) is 3. The Labute approximate surface area is 173 Å². The Balaban J connectivity index is 1.48. The van der Waals surface area contributed by atoms with Gasteiger partial charge in [0.15, 0.2) is 0 Å². The fourth-order valence-corrected chi connectivity index (χ4v) is 5.27. The minimum atomic E-state index is -0.682. The molecule has 6 heteroatoms. The first-order chi connectivity index (χ1) is 13.9. The quantitative estimate of drug-likeness (QED) is 0.598. The fraction of sp³-hybridized carbons (Fsp3) is 0.304. The Morgan fingerprint density at radius 3 is 2.66 bits per heavy atom. The zero-order valence-electron chi connectivity index (χ0n) is 16.2. The molecule has 1 spiro atoms. The molecule has 5 rings (SSSR count). The number of piperidine rings is 1. The minimum Gasteiger partial charge on any atom is -0.450 e. The topological polar surface area (TPSA) is 62.4 Å². The first-order valence-electron chi connectivity index (χ1n) is 9.80. The van der Waals surface area contributed by atoms with E-state index in [9.17, 15) is 9.59 Å². The number of aromatic nitrogens is 1. The first kappa shape index (κ1) is 18.3. The van der Waals surface area contributed by atoms with Gasteiger partial charge in [0.25, 0.3) is 5.91 Å². The monoisotopic (exact) mass is 408 g/mol. The van der Waals surface area contributed by atoms with Crippen molar-refractivity contribution in [2.24, 2.45) is 11.8 Å². The van der Waals surface area contributed by atoms with E-state index in [-0.39, 0.29) is 23.7 Å². The molecule has 2 aliphatic heterocycles. The van der Waals surface area contributed by atoms with Crippen LogP contribution in [0.1, 0.15) is 40.1 Å². The van der Waals surface area contributed by atoms with Gasteiger partial charge in [-0.05, 0) is 18.2 Å². The molecule has 0 aliphatic carbocycles. The highest BCUT2D eigenvalue weighted by Crippen LogP contribution is 2.50. The Hall–Kier alpha value is -2.79. The van der Waals surface area contributed by atoms with Crippen LogP contribution in [0.2, 0.25) is 5.02 Å². The number of fused-ring (bicyclic) bond motifs is 3. The summed E-state index contributed by atoms with van der Waals surface area (Å²) in [5, 5.41) is 1.49. The molecule has 3 aromatic rings. The van der Waals surface area contributed by atoms with Crippen molar-refractivity contribution in [2.45, 2.75) is 19.4 Å². The summed E-state index contributed by atoms with van der Waals surface area (Å²) in [7, 11) is 0. The van der Waals surface area contributed by atoms with Crippen LogP contribution in [0.15, 0.2) is 48.7 Å². The van der Waals surface area contributed by atoms with Gasteiger partial charge in [0.05, 0.1) is 11.1 Å². The standard InChI is InChI=1S/C23H21ClN2O3/c1-13-11-26(21(27)18-10-25-20-9-15(24)7-8-16(18)20)12-14(2)23(13)19-6-4-3-5-17(19)22(28)29-23/h3-10,13-14,25H,11-12H2,1-2H3/t13-,14+,23+. The number of halogens is 1. The van der Waals surface area contributed by atoms with Gasteiger partial charge in [0.2, 0.25) is 0 Å². The average Bonchev–Trinajstić information content (AvgIpc) is 3.25. The molecule has 0 saturated carbocycles. The number of carbonyl (C=O) groups is 2. The van der Waals surface area contributed by atoms with Crippen LogP contribution < -0.4 is 0 Å². The predicted molar refractivity (Wildman–Crippen MR) is 111 cm³/mol. The van der Waals surface area contributed by atoms with Crippen LogP contribution in [0.4, 0.5) is 0 Å². The fourth-order valence-electron chi connectivity index (χ4n) is 5.10. The van der Waals surface area contributed by atoms with Crippen LogP contribution in [0, 0.1) is 11.8 Å². The van der Waals surface area contributed by atoms with E-state index < -0.39 is 5.60 Å². The Kier molecular flexibility index (Phi) is 4.00. The number of hydrogen-bond donors (Lipinski definition) is 1. The molecule has 3 atom stereocenters. The van der Waals surface area contributed by atoms with Crippen LogP contribution in [-0.2, 0) is 10.3 Å². The van der Waals surface area contributed by atoms with Crippen molar-refractivity contribution in [2.75, 3.05) is 13.1 Å². The maximum atomic E-state index is 13.3. The van der Waals surface area contributed by atoms with Gasteiger partial charge in [-0.25, -0.2) is 4.79 Å². The van der Waals surface area contributed by atoms with E-state index in [1.165, 1.54) is 0 Å². The summed E-state index contributed by atoms with van der Waals surface area (Å²) in [4.78, 5) is 30.8. The molecular weight excluding hydrogens is 388 g/mol. The highest BCUT2D eigenvalue weighted by atomic mass is 35.5. The largest absolute Gasteiger partial charge is 0.450 e. The van der Waals surface area contributed by atoms with Crippen molar-refractivity contribution >= 4 is 34.4 Å². The molecule has 3 heterocycles. The predicted octanol–water partition coefficient (Wildman–Crippen LogP) is 4.62. The van der Waals surface area contributed by atoms with Crippen molar-refractivity contribution in [3.8, 4) is 0 Å². The van der Waals surface area contributed by atoms with Gasteiger partial charge in [0, 0.05) is 52.6 Å². The summed E-state index contributed by atoms with van der Waals surface area (Å²) in [6, 6.07) is 13.1. The third-order valence-electron chi connectivity index (χ3n) is 6.44. The zero-order valence-corrected chi connectivity index (χ0v) is 17.0. The second-order valence-electron chi connectivity index (χ2n) is 8.13. The second-order valence-corrected chi connectivity index (χ2v) is 8.57. The molecule has 0 unspecified atom stereocenters. The number of rotatable bonds is 1. The molecule has 29 heavy (non-hydrogen) atoms. The van der Waals surface area contributed by atoms with Gasteiger partial charge in [-0.3, -0.25) is 4.79 Å². The first-order valence-corrected chi connectivity index (χ1v) is 10.2. The number of carbonyl (C=O) groups excluding carboxylic acids is 2. The van der Waals surface area contributed by atoms with Crippen LogP contribution in [0.5, 0.6) is 0 Å². The average molecular weight is 409 g/mol. The number of likely N-dealkylation sites (tertiary alicyclic amines) is 1. The number of nitrogens with one attached hydrogen (secondary N) is 1. The lowest BCUT2D eigenvalue weighted by Gasteiger charge is -2.48.